The van der Waals surface area contributed by atoms with E-state index in [2.05, 4.69) is 17.1 Å². The molecule has 2 aliphatic carbocycles. The zero-order valence-electron chi connectivity index (χ0n) is 12.8. The van der Waals surface area contributed by atoms with Gasteiger partial charge < -0.3 is 5.32 Å². The molecule has 3 fully saturated rings. The zero-order valence-corrected chi connectivity index (χ0v) is 12.8. The van der Waals surface area contributed by atoms with Crippen LogP contribution in [0.2, 0.25) is 0 Å². The van der Waals surface area contributed by atoms with Crippen molar-refractivity contribution in [2.24, 2.45) is 11.8 Å². The van der Waals surface area contributed by atoms with E-state index in [9.17, 15) is 0 Å². The highest BCUT2D eigenvalue weighted by Crippen LogP contribution is 2.34. The second-order valence-corrected chi connectivity index (χ2v) is 7.44. The standard InChI is InChI=1S/C17H32N2/c1-2-15-5-7-16(8-6-15)13-19-12-11-18-17(14-19)9-3-4-10-17/h15-16,18H,2-14H2,1H3. The predicted molar refractivity (Wildman–Crippen MR) is 81.4 cm³/mol. The maximum Gasteiger partial charge on any atom is 0.0309 e. The minimum atomic E-state index is 0.513. The van der Waals surface area contributed by atoms with Crippen molar-refractivity contribution >= 4 is 0 Å². The van der Waals surface area contributed by atoms with Gasteiger partial charge in [0.2, 0.25) is 0 Å². The lowest BCUT2D eigenvalue weighted by atomic mass is 9.80. The highest BCUT2D eigenvalue weighted by molar-refractivity contribution is 4.98. The number of nitrogens with one attached hydrogen (secondary N) is 1. The minimum absolute atomic E-state index is 0.513. The summed E-state index contributed by atoms with van der Waals surface area (Å²) in [5.74, 6) is 2.04. The van der Waals surface area contributed by atoms with E-state index < -0.39 is 0 Å². The Labute approximate surface area is 119 Å². The van der Waals surface area contributed by atoms with Gasteiger partial charge in [-0.3, -0.25) is 4.90 Å². The van der Waals surface area contributed by atoms with E-state index in [4.69, 9.17) is 0 Å². The van der Waals surface area contributed by atoms with E-state index in [1.165, 1.54) is 84.0 Å². The van der Waals surface area contributed by atoms with Gasteiger partial charge in [0.1, 0.15) is 0 Å². The van der Waals surface area contributed by atoms with Crippen molar-refractivity contribution in [3.63, 3.8) is 0 Å². The van der Waals surface area contributed by atoms with Crippen molar-refractivity contribution in [2.75, 3.05) is 26.2 Å². The molecule has 0 atom stereocenters. The SMILES string of the molecule is CCC1CCC(CN2CCNC3(CCCC3)C2)CC1. The topological polar surface area (TPSA) is 15.3 Å². The summed E-state index contributed by atoms with van der Waals surface area (Å²) in [6.07, 6.45) is 13.1. The van der Waals surface area contributed by atoms with E-state index in [-0.39, 0.29) is 0 Å². The van der Waals surface area contributed by atoms with Crippen LogP contribution in [0.3, 0.4) is 0 Å². The van der Waals surface area contributed by atoms with Gasteiger partial charge in [-0.1, -0.05) is 39.0 Å². The number of nitrogens with zero attached hydrogens (tertiary/aromatic N) is 1. The summed E-state index contributed by atoms with van der Waals surface area (Å²) in [5.41, 5.74) is 0.513. The lowest BCUT2D eigenvalue weighted by Gasteiger charge is -2.43. The molecule has 0 aromatic rings. The van der Waals surface area contributed by atoms with Crippen LogP contribution in [0.25, 0.3) is 0 Å². The van der Waals surface area contributed by atoms with Gasteiger partial charge >= 0.3 is 0 Å². The van der Waals surface area contributed by atoms with E-state index in [1.54, 1.807) is 0 Å². The van der Waals surface area contributed by atoms with Gasteiger partial charge in [-0.25, -0.2) is 0 Å². The van der Waals surface area contributed by atoms with Crippen LogP contribution in [-0.2, 0) is 0 Å². The Morgan fingerprint density at radius 1 is 1.05 bits per heavy atom. The smallest absolute Gasteiger partial charge is 0.0309 e. The first-order chi connectivity index (χ1) is 9.30. The second kappa shape index (κ2) is 6.13. The third-order valence-corrected chi connectivity index (χ3v) is 6.08. The number of hydrogen-bond acceptors (Lipinski definition) is 2. The van der Waals surface area contributed by atoms with Crippen LogP contribution in [0.5, 0.6) is 0 Å². The Bertz CT molecular complexity index is 275. The maximum atomic E-state index is 3.84. The predicted octanol–water partition coefficient (Wildman–Crippen LogP) is 3.42. The average molecular weight is 264 g/mol. The summed E-state index contributed by atoms with van der Waals surface area (Å²) >= 11 is 0. The number of hydrogen-bond donors (Lipinski definition) is 1. The molecule has 0 radical (unpaired) electrons. The van der Waals surface area contributed by atoms with Crippen molar-refractivity contribution in [3.8, 4) is 0 Å². The molecule has 2 nitrogen and oxygen atoms in total. The van der Waals surface area contributed by atoms with Crippen LogP contribution >= 0.6 is 0 Å². The first-order valence-corrected chi connectivity index (χ1v) is 8.77. The highest BCUT2D eigenvalue weighted by Gasteiger charge is 2.38. The number of piperazine rings is 1. The molecule has 2 heteroatoms. The van der Waals surface area contributed by atoms with Crippen molar-refractivity contribution < 1.29 is 0 Å². The molecular weight excluding hydrogens is 232 g/mol. The summed E-state index contributed by atoms with van der Waals surface area (Å²) in [5, 5.41) is 3.84. The molecule has 1 heterocycles. The van der Waals surface area contributed by atoms with Gasteiger partial charge in [0.15, 0.2) is 0 Å². The van der Waals surface area contributed by atoms with Crippen molar-refractivity contribution in [1.29, 1.82) is 0 Å². The van der Waals surface area contributed by atoms with Gasteiger partial charge in [0.05, 0.1) is 0 Å². The van der Waals surface area contributed by atoms with Crippen LogP contribution in [0.15, 0.2) is 0 Å². The molecule has 19 heavy (non-hydrogen) atoms. The van der Waals surface area contributed by atoms with Crippen LogP contribution in [0.1, 0.15) is 64.7 Å². The lowest BCUT2D eigenvalue weighted by Crippen LogP contribution is -2.59. The Morgan fingerprint density at radius 3 is 2.42 bits per heavy atom. The molecule has 1 spiro atoms. The summed E-state index contributed by atoms with van der Waals surface area (Å²) in [6.45, 7) is 7.60. The fourth-order valence-electron chi connectivity index (χ4n) is 4.77. The third-order valence-electron chi connectivity index (χ3n) is 6.08. The Kier molecular flexibility index (Phi) is 4.48. The van der Waals surface area contributed by atoms with Gasteiger partial charge in [-0.05, 0) is 37.5 Å². The van der Waals surface area contributed by atoms with E-state index in [0.717, 1.165) is 11.8 Å². The molecule has 3 aliphatic rings. The fraction of sp³-hybridized carbons (Fsp3) is 1.00. The molecule has 3 rings (SSSR count). The quantitative estimate of drug-likeness (QED) is 0.840. The van der Waals surface area contributed by atoms with Gasteiger partial charge in [0.25, 0.3) is 0 Å². The van der Waals surface area contributed by atoms with E-state index in [0.29, 0.717) is 5.54 Å². The van der Waals surface area contributed by atoms with Gasteiger partial charge in [-0.15, -0.1) is 0 Å². The number of rotatable bonds is 3. The Balaban J connectivity index is 1.47. The van der Waals surface area contributed by atoms with Crippen LogP contribution in [0.4, 0.5) is 0 Å². The molecule has 1 aliphatic heterocycles. The monoisotopic (exact) mass is 264 g/mol. The molecule has 0 aromatic carbocycles. The van der Waals surface area contributed by atoms with Crippen LogP contribution in [0, 0.1) is 11.8 Å². The molecule has 0 amide bonds. The maximum absolute atomic E-state index is 3.84. The van der Waals surface area contributed by atoms with Crippen molar-refractivity contribution in [2.45, 2.75) is 70.3 Å². The Hall–Kier alpha value is -0.0800. The van der Waals surface area contributed by atoms with Crippen molar-refractivity contribution in [1.82, 2.24) is 10.2 Å². The fourth-order valence-corrected chi connectivity index (χ4v) is 4.77. The first-order valence-electron chi connectivity index (χ1n) is 8.77. The van der Waals surface area contributed by atoms with E-state index >= 15 is 0 Å². The minimum Gasteiger partial charge on any atom is -0.309 e. The molecule has 1 saturated heterocycles. The molecule has 0 aromatic heterocycles. The Morgan fingerprint density at radius 2 is 1.74 bits per heavy atom. The summed E-state index contributed by atoms with van der Waals surface area (Å²) < 4.78 is 0. The molecule has 0 unspecified atom stereocenters. The third kappa shape index (κ3) is 3.33. The summed E-state index contributed by atoms with van der Waals surface area (Å²) in [4.78, 5) is 2.79. The largest absolute Gasteiger partial charge is 0.309 e. The average Bonchev–Trinajstić information content (AvgIpc) is 2.88. The second-order valence-electron chi connectivity index (χ2n) is 7.44. The molecule has 0 bridgehead atoms. The lowest BCUT2D eigenvalue weighted by molar-refractivity contribution is 0.103. The molecular formula is C17H32N2. The highest BCUT2D eigenvalue weighted by atomic mass is 15.2. The first kappa shape index (κ1) is 13.9. The molecule has 2 saturated carbocycles. The normalized spacial score (nSPS) is 35.8. The van der Waals surface area contributed by atoms with E-state index in [1.807, 2.05) is 0 Å². The van der Waals surface area contributed by atoms with Gasteiger partial charge in [0, 0.05) is 31.7 Å². The zero-order chi connectivity index (χ0) is 13.1. The van der Waals surface area contributed by atoms with Crippen molar-refractivity contribution in [3.05, 3.63) is 0 Å². The van der Waals surface area contributed by atoms with Crippen LogP contribution < -0.4 is 5.32 Å². The molecule has 110 valence electrons. The van der Waals surface area contributed by atoms with Crippen LogP contribution in [-0.4, -0.2) is 36.6 Å². The summed E-state index contributed by atoms with van der Waals surface area (Å²) in [6, 6.07) is 0. The van der Waals surface area contributed by atoms with Gasteiger partial charge in [-0.2, -0.15) is 0 Å². The molecule has 1 N–H and O–H groups in total. The summed E-state index contributed by atoms with van der Waals surface area (Å²) in [7, 11) is 0.